The topological polar surface area (TPSA) is 72.5 Å². The molecule has 0 atom stereocenters. The predicted octanol–water partition coefficient (Wildman–Crippen LogP) is 4.13. The standard InChI is InChI=1S/C25H21NO4S/c1-31(28,29)26-24(27)16-13-18-11-14-20(15-12-18)25-21-9-5-6-10-23(21)30-17-22(25)19-7-3-2-4-8-19/h2-16H,17H2,1H3,(H,26,27)/b16-13+. The van der Waals surface area contributed by atoms with Crippen LogP contribution in [0, 0.1) is 0 Å². The van der Waals surface area contributed by atoms with Crippen molar-refractivity contribution in [1.29, 1.82) is 0 Å². The van der Waals surface area contributed by atoms with Gasteiger partial charge in [-0.2, -0.15) is 0 Å². The number of carbonyl (C=O) groups excluding carboxylic acids is 1. The Morgan fingerprint density at radius 3 is 2.29 bits per heavy atom. The number of sulfonamides is 1. The van der Waals surface area contributed by atoms with Crippen LogP contribution in [-0.2, 0) is 14.8 Å². The largest absolute Gasteiger partial charge is 0.488 e. The third-order valence-corrected chi connectivity index (χ3v) is 5.44. The number of amides is 1. The van der Waals surface area contributed by atoms with Crippen molar-refractivity contribution in [3.63, 3.8) is 0 Å². The van der Waals surface area contributed by atoms with Gasteiger partial charge in [-0.1, -0.05) is 72.8 Å². The van der Waals surface area contributed by atoms with E-state index >= 15 is 0 Å². The van der Waals surface area contributed by atoms with Crippen LogP contribution < -0.4 is 9.46 Å². The molecule has 1 heterocycles. The number of para-hydroxylation sites is 1. The molecular formula is C25H21NO4S. The molecule has 1 aliphatic heterocycles. The minimum absolute atomic E-state index is 0.476. The second-order valence-electron chi connectivity index (χ2n) is 7.20. The molecule has 4 rings (SSSR count). The van der Waals surface area contributed by atoms with Crippen LogP contribution in [0.5, 0.6) is 5.75 Å². The molecule has 3 aromatic carbocycles. The van der Waals surface area contributed by atoms with Gasteiger partial charge in [0.25, 0.3) is 5.91 Å². The number of nitrogens with one attached hydrogen (secondary N) is 1. The Morgan fingerprint density at radius 2 is 1.58 bits per heavy atom. The highest BCUT2D eigenvalue weighted by molar-refractivity contribution is 7.89. The van der Waals surface area contributed by atoms with E-state index in [-0.39, 0.29) is 0 Å². The Kier molecular flexibility index (Phi) is 5.73. The smallest absolute Gasteiger partial charge is 0.257 e. The summed E-state index contributed by atoms with van der Waals surface area (Å²) in [6.45, 7) is 0.476. The number of fused-ring (bicyclic) bond motifs is 1. The summed E-state index contributed by atoms with van der Waals surface area (Å²) in [6.07, 6.45) is 3.72. The average molecular weight is 432 g/mol. The van der Waals surface area contributed by atoms with Crippen LogP contribution in [-0.4, -0.2) is 27.2 Å². The molecule has 0 aliphatic carbocycles. The first kappa shape index (κ1) is 20.6. The van der Waals surface area contributed by atoms with Gasteiger partial charge >= 0.3 is 0 Å². The van der Waals surface area contributed by atoms with Crippen molar-refractivity contribution in [2.45, 2.75) is 0 Å². The zero-order valence-corrected chi connectivity index (χ0v) is 17.7. The molecule has 0 saturated heterocycles. The fourth-order valence-electron chi connectivity index (χ4n) is 3.53. The minimum atomic E-state index is -3.58. The van der Waals surface area contributed by atoms with Crippen molar-refractivity contribution in [3.05, 3.63) is 107 Å². The Hall–Kier alpha value is -3.64. The fourth-order valence-corrected chi connectivity index (χ4v) is 3.96. The van der Waals surface area contributed by atoms with E-state index in [2.05, 4.69) is 18.2 Å². The number of hydrogen-bond donors (Lipinski definition) is 1. The second-order valence-corrected chi connectivity index (χ2v) is 8.95. The first-order valence-electron chi connectivity index (χ1n) is 9.72. The molecule has 0 unspecified atom stereocenters. The van der Waals surface area contributed by atoms with E-state index in [9.17, 15) is 13.2 Å². The molecule has 1 aliphatic rings. The summed E-state index contributed by atoms with van der Waals surface area (Å²) in [6, 6.07) is 25.9. The number of hydrogen-bond acceptors (Lipinski definition) is 4. The zero-order valence-electron chi connectivity index (χ0n) is 16.9. The summed E-state index contributed by atoms with van der Waals surface area (Å²) in [5, 5.41) is 0. The van der Waals surface area contributed by atoms with E-state index < -0.39 is 15.9 Å². The van der Waals surface area contributed by atoms with Gasteiger partial charge in [-0.15, -0.1) is 0 Å². The molecule has 1 N–H and O–H groups in total. The molecule has 1 amide bonds. The maximum atomic E-state index is 11.7. The number of ether oxygens (including phenoxy) is 1. The lowest BCUT2D eigenvalue weighted by Crippen LogP contribution is -2.27. The van der Waals surface area contributed by atoms with Gasteiger partial charge in [0.05, 0.1) is 6.26 Å². The summed E-state index contributed by atoms with van der Waals surface area (Å²) in [4.78, 5) is 11.7. The summed E-state index contributed by atoms with van der Waals surface area (Å²) in [7, 11) is -3.58. The van der Waals surface area contributed by atoms with E-state index in [0.717, 1.165) is 45.4 Å². The van der Waals surface area contributed by atoms with Crippen molar-refractivity contribution < 1.29 is 17.9 Å². The lowest BCUT2D eigenvalue weighted by Gasteiger charge is -2.25. The quantitative estimate of drug-likeness (QED) is 0.617. The summed E-state index contributed by atoms with van der Waals surface area (Å²) >= 11 is 0. The van der Waals surface area contributed by atoms with Crippen molar-refractivity contribution in [3.8, 4) is 5.75 Å². The normalized spacial score (nSPS) is 13.6. The maximum Gasteiger partial charge on any atom is 0.257 e. The van der Waals surface area contributed by atoms with Crippen LogP contribution in [0.2, 0.25) is 0 Å². The van der Waals surface area contributed by atoms with Crippen LogP contribution in [0.25, 0.3) is 17.2 Å². The van der Waals surface area contributed by atoms with Gasteiger partial charge in [0.15, 0.2) is 0 Å². The monoisotopic (exact) mass is 431 g/mol. The van der Waals surface area contributed by atoms with Crippen LogP contribution in [0.3, 0.4) is 0 Å². The Bertz CT molecular complexity index is 1270. The molecule has 5 nitrogen and oxygen atoms in total. The van der Waals surface area contributed by atoms with Gasteiger partial charge < -0.3 is 4.74 Å². The third-order valence-electron chi connectivity index (χ3n) is 4.86. The zero-order chi connectivity index (χ0) is 21.8. The number of rotatable bonds is 5. The van der Waals surface area contributed by atoms with Crippen molar-refractivity contribution >= 4 is 33.2 Å². The molecule has 0 bridgehead atoms. The highest BCUT2D eigenvalue weighted by Crippen LogP contribution is 2.40. The molecule has 0 radical (unpaired) electrons. The molecule has 31 heavy (non-hydrogen) atoms. The molecule has 0 fully saturated rings. The van der Waals surface area contributed by atoms with Crippen molar-refractivity contribution in [2.75, 3.05) is 12.9 Å². The van der Waals surface area contributed by atoms with Gasteiger partial charge in [-0.3, -0.25) is 4.79 Å². The summed E-state index contributed by atoms with van der Waals surface area (Å²) in [5.74, 6) is 0.164. The van der Waals surface area contributed by atoms with Crippen LogP contribution >= 0.6 is 0 Å². The molecular weight excluding hydrogens is 410 g/mol. The van der Waals surface area contributed by atoms with Crippen LogP contribution in [0.15, 0.2) is 84.9 Å². The first-order valence-corrected chi connectivity index (χ1v) is 11.6. The van der Waals surface area contributed by atoms with Crippen molar-refractivity contribution in [1.82, 2.24) is 4.72 Å². The van der Waals surface area contributed by atoms with Gasteiger partial charge in [0, 0.05) is 17.2 Å². The Balaban J connectivity index is 1.70. The van der Waals surface area contributed by atoms with Gasteiger partial charge in [0.2, 0.25) is 10.0 Å². The average Bonchev–Trinajstić information content (AvgIpc) is 2.77. The SMILES string of the molecule is CS(=O)(=O)NC(=O)/C=C/c1ccc(C2=C(c3ccccc3)COc3ccccc32)cc1. The number of carbonyl (C=O) groups is 1. The van der Waals surface area contributed by atoms with Crippen molar-refractivity contribution in [2.24, 2.45) is 0 Å². The van der Waals surface area contributed by atoms with Crippen LogP contribution in [0.1, 0.15) is 22.3 Å². The second kappa shape index (κ2) is 8.62. The van der Waals surface area contributed by atoms with Gasteiger partial charge in [0.1, 0.15) is 12.4 Å². The first-order chi connectivity index (χ1) is 14.9. The van der Waals surface area contributed by atoms with E-state index in [0.29, 0.717) is 6.61 Å². The summed E-state index contributed by atoms with van der Waals surface area (Å²) < 4.78 is 30.2. The maximum absolute atomic E-state index is 11.7. The molecule has 3 aromatic rings. The summed E-state index contributed by atoms with van der Waals surface area (Å²) in [5.41, 5.74) is 6.17. The highest BCUT2D eigenvalue weighted by atomic mass is 32.2. The van der Waals surface area contributed by atoms with E-state index in [1.165, 1.54) is 6.08 Å². The van der Waals surface area contributed by atoms with E-state index in [1.807, 2.05) is 65.4 Å². The predicted molar refractivity (Wildman–Crippen MR) is 123 cm³/mol. The molecule has 0 saturated carbocycles. The molecule has 0 aromatic heterocycles. The minimum Gasteiger partial charge on any atom is -0.488 e. The third kappa shape index (κ3) is 4.92. The lowest BCUT2D eigenvalue weighted by atomic mass is 9.87. The Morgan fingerprint density at radius 1 is 0.903 bits per heavy atom. The van der Waals surface area contributed by atoms with Gasteiger partial charge in [-0.05, 0) is 34.4 Å². The highest BCUT2D eigenvalue weighted by Gasteiger charge is 2.22. The fraction of sp³-hybridized carbons (Fsp3) is 0.0800. The molecule has 6 heteroatoms. The van der Waals surface area contributed by atoms with Crippen LogP contribution in [0.4, 0.5) is 0 Å². The van der Waals surface area contributed by atoms with E-state index in [4.69, 9.17) is 4.74 Å². The molecule has 156 valence electrons. The van der Waals surface area contributed by atoms with Gasteiger partial charge in [-0.25, -0.2) is 13.1 Å². The lowest BCUT2D eigenvalue weighted by molar-refractivity contribution is -0.114. The van der Waals surface area contributed by atoms with E-state index in [1.54, 1.807) is 6.08 Å². The number of benzene rings is 3. The Labute approximate surface area is 181 Å². The molecule has 0 spiro atoms.